The van der Waals surface area contributed by atoms with E-state index >= 15 is 0 Å². The Hall–Kier alpha value is -2.38. The number of benzene rings is 2. The van der Waals surface area contributed by atoms with E-state index in [0.29, 0.717) is 17.1 Å². The molecule has 0 aliphatic carbocycles. The van der Waals surface area contributed by atoms with Crippen LogP contribution in [0.25, 0.3) is 0 Å². The summed E-state index contributed by atoms with van der Waals surface area (Å²) in [7, 11) is -1.94. The number of hydrogen-bond donors (Lipinski definition) is 1. The first-order chi connectivity index (χ1) is 13.2. The first-order valence-corrected chi connectivity index (χ1v) is 10.7. The van der Waals surface area contributed by atoms with Crippen molar-refractivity contribution in [1.82, 2.24) is 9.62 Å². The van der Waals surface area contributed by atoms with Gasteiger partial charge in [0.15, 0.2) is 0 Å². The Kier molecular flexibility index (Phi) is 5.76. The van der Waals surface area contributed by atoms with Gasteiger partial charge in [0.1, 0.15) is 11.9 Å². The lowest BCUT2D eigenvalue weighted by atomic mass is 10.0. The molecule has 0 unspecified atom stereocenters. The van der Waals surface area contributed by atoms with Gasteiger partial charge in [-0.2, -0.15) is 0 Å². The number of carbonyl (C=O) groups is 1. The molecule has 28 heavy (non-hydrogen) atoms. The number of amides is 1. The lowest BCUT2D eigenvalue weighted by Crippen LogP contribution is -2.39. The van der Waals surface area contributed by atoms with Gasteiger partial charge in [-0.25, -0.2) is 8.42 Å². The predicted molar refractivity (Wildman–Crippen MR) is 110 cm³/mol. The van der Waals surface area contributed by atoms with Gasteiger partial charge in [-0.3, -0.25) is 14.5 Å². The summed E-state index contributed by atoms with van der Waals surface area (Å²) < 4.78 is 27.0. The minimum absolute atomic E-state index is 0.107. The van der Waals surface area contributed by atoms with Crippen molar-refractivity contribution in [1.29, 1.82) is 0 Å². The molecule has 1 amide bonds. The number of nitrogens with zero attached hydrogens (tertiary/aromatic N) is 2. The third kappa shape index (κ3) is 4.20. The third-order valence-corrected chi connectivity index (χ3v) is 6.17. The highest BCUT2D eigenvalue weighted by molar-refractivity contribution is 7.90. The Bertz CT molecular complexity index is 1020. The minimum Gasteiger partial charge on any atom is -0.340 e. The normalized spacial score (nSPS) is 17.2. The molecule has 2 aromatic rings. The number of nitrogens with one attached hydrogen (secondary N) is 1. The lowest BCUT2D eigenvalue weighted by Gasteiger charge is -2.24. The van der Waals surface area contributed by atoms with Crippen LogP contribution in [0.3, 0.4) is 0 Å². The van der Waals surface area contributed by atoms with Gasteiger partial charge in [0.05, 0.1) is 4.90 Å². The van der Waals surface area contributed by atoms with Gasteiger partial charge >= 0.3 is 0 Å². The summed E-state index contributed by atoms with van der Waals surface area (Å²) in [6, 6.07) is 13.2. The van der Waals surface area contributed by atoms with Crippen molar-refractivity contribution >= 4 is 33.4 Å². The maximum absolute atomic E-state index is 13.0. The molecule has 0 fully saturated rings. The number of rotatable bonds is 5. The second-order valence-electron chi connectivity index (χ2n) is 7.09. The van der Waals surface area contributed by atoms with Crippen LogP contribution in [0, 0.1) is 5.92 Å². The van der Waals surface area contributed by atoms with Crippen LogP contribution >= 0.6 is 11.6 Å². The van der Waals surface area contributed by atoms with E-state index in [4.69, 9.17) is 11.6 Å². The topological polar surface area (TPSA) is 78.8 Å². The summed E-state index contributed by atoms with van der Waals surface area (Å²) in [5.41, 5.74) is 1.43. The van der Waals surface area contributed by atoms with Gasteiger partial charge in [0.2, 0.25) is 5.91 Å². The second kappa shape index (κ2) is 7.93. The zero-order valence-corrected chi connectivity index (χ0v) is 17.5. The van der Waals surface area contributed by atoms with Crippen molar-refractivity contribution in [2.75, 3.05) is 7.05 Å². The Morgan fingerprint density at radius 3 is 2.43 bits per heavy atom. The van der Waals surface area contributed by atoms with E-state index in [1.807, 2.05) is 26.0 Å². The molecule has 1 heterocycles. The first kappa shape index (κ1) is 20.4. The average Bonchev–Trinajstić information content (AvgIpc) is 2.91. The number of fused-ring (bicyclic) bond motifs is 1. The first-order valence-electron chi connectivity index (χ1n) is 8.88. The van der Waals surface area contributed by atoms with E-state index in [1.165, 1.54) is 6.07 Å². The molecular formula is C20H22ClN3O3S. The lowest BCUT2D eigenvalue weighted by molar-refractivity contribution is -0.132. The highest BCUT2D eigenvalue weighted by Crippen LogP contribution is 2.24. The summed E-state index contributed by atoms with van der Waals surface area (Å²) in [5, 5.41) is 0.636. The summed E-state index contributed by atoms with van der Waals surface area (Å²) in [4.78, 5) is 19.3. The smallest absolute Gasteiger partial charge is 0.263 e. The standard InChI is InChI=1S/C20H22ClN3O3S/c1-13(2)18(20(25)24(3)12-14-8-10-15(21)11-9-14)22-19-16-6-4-5-7-17(16)28(26,27)23-19/h4-11,13,18H,12H2,1-3H3,(H,22,23)/t18-/m0/s1. The predicted octanol–water partition coefficient (Wildman–Crippen LogP) is 3.06. The molecule has 0 aromatic heterocycles. The van der Waals surface area contributed by atoms with Crippen LogP contribution in [0.5, 0.6) is 0 Å². The maximum Gasteiger partial charge on any atom is 0.263 e. The van der Waals surface area contributed by atoms with Crippen LogP contribution in [0.15, 0.2) is 58.4 Å². The second-order valence-corrected chi connectivity index (χ2v) is 9.18. The van der Waals surface area contributed by atoms with Gasteiger partial charge < -0.3 is 4.90 Å². The number of carbonyl (C=O) groups excluding carboxylic acids is 1. The summed E-state index contributed by atoms with van der Waals surface area (Å²) >= 11 is 5.91. The molecule has 0 saturated carbocycles. The van der Waals surface area contributed by atoms with Crippen molar-refractivity contribution in [3.63, 3.8) is 0 Å². The van der Waals surface area contributed by atoms with Gasteiger partial charge in [-0.15, -0.1) is 0 Å². The largest absolute Gasteiger partial charge is 0.340 e. The Balaban J connectivity index is 1.87. The van der Waals surface area contributed by atoms with Gasteiger partial charge in [-0.05, 0) is 35.7 Å². The molecular weight excluding hydrogens is 398 g/mol. The van der Waals surface area contributed by atoms with Crippen LogP contribution in [-0.4, -0.2) is 38.2 Å². The molecule has 6 nitrogen and oxygen atoms in total. The monoisotopic (exact) mass is 419 g/mol. The van der Waals surface area contributed by atoms with Gasteiger partial charge in [-0.1, -0.05) is 49.7 Å². The molecule has 1 aliphatic rings. The molecule has 148 valence electrons. The molecule has 1 atom stereocenters. The highest BCUT2D eigenvalue weighted by Gasteiger charge is 2.33. The van der Waals surface area contributed by atoms with Gasteiger partial charge in [0.25, 0.3) is 10.0 Å². The zero-order chi connectivity index (χ0) is 20.5. The van der Waals surface area contributed by atoms with Crippen LogP contribution in [0.2, 0.25) is 5.02 Å². The molecule has 8 heteroatoms. The molecule has 1 N–H and O–H groups in total. The molecule has 2 aromatic carbocycles. The van der Waals surface area contributed by atoms with E-state index in [-0.39, 0.29) is 22.6 Å². The summed E-state index contributed by atoms with van der Waals surface area (Å²) in [5.74, 6) is -0.0755. The Morgan fingerprint density at radius 1 is 1.14 bits per heavy atom. The van der Waals surface area contributed by atoms with E-state index < -0.39 is 16.1 Å². The van der Waals surface area contributed by atoms with Crippen molar-refractivity contribution in [3.05, 3.63) is 64.7 Å². The number of likely N-dealkylation sites (N-methyl/N-ethyl adjacent to an activating group) is 1. The van der Waals surface area contributed by atoms with Crippen molar-refractivity contribution in [3.8, 4) is 0 Å². The Morgan fingerprint density at radius 2 is 1.79 bits per heavy atom. The summed E-state index contributed by atoms with van der Waals surface area (Å²) in [6.45, 7) is 4.18. The minimum atomic E-state index is -3.64. The van der Waals surface area contributed by atoms with Gasteiger partial charge in [0, 0.05) is 24.2 Å². The number of hydrogen-bond acceptors (Lipinski definition) is 4. The molecule has 0 bridgehead atoms. The molecule has 3 rings (SSSR count). The van der Waals surface area contributed by atoms with Crippen molar-refractivity contribution in [2.24, 2.45) is 10.9 Å². The fourth-order valence-electron chi connectivity index (χ4n) is 3.03. The van der Waals surface area contributed by atoms with Crippen LogP contribution in [0.1, 0.15) is 25.0 Å². The average molecular weight is 420 g/mol. The van der Waals surface area contributed by atoms with E-state index in [2.05, 4.69) is 9.71 Å². The maximum atomic E-state index is 13.0. The van der Waals surface area contributed by atoms with Crippen molar-refractivity contribution in [2.45, 2.75) is 31.3 Å². The number of sulfonamides is 1. The van der Waals surface area contributed by atoms with Crippen molar-refractivity contribution < 1.29 is 13.2 Å². The quantitative estimate of drug-likeness (QED) is 0.808. The van der Waals surface area contributed by atoms with E-state index in [0.717, 1.165) is 5.56 Å². The fraction of sp³-hybridized carbons (Fsp3) is 0.300. The fourth-order valence-corrected chi connectivity index (χ4v) is 4.39. The van der Waals surface area contributed by atoms with E-state index in [9.17, 15) is 13.2 Å². The molecule has 0 spiro atoms. The molecule has 1 aliphatic heterocycles. The summed E-state index contributed by atoms with van der Waals surface area (Å²) in [6.07, 6.45) is 0. The van der Waals surface area contributed by atoms with E-state index in [1.54, 1.807) is 42.3 Å². The van der Waals surface area contributed by atoms with Crippen LogP contribution < -0.4 is 4.72 Å². The molecule has 0 radical (unpaired) electrons. The number of halogens is 1. The third-order valence-electron chi connectivity index (χ3n) is 4.52. The SMILES string of the molecule is CC(C)[C@H](N=C1NS(=O)(=O)c2ccccc21)C(=O)N(C)Cc1ccc(Cl)cc1. The Labute approximate surface area is 170 Å². The van der Waals surface area contributed by atoms with Crippen LogP contribution in [-0.2, 0) is 21.4 Å². The molecule has 0 saturated heterocycles. The number of amidine groups is 1. The highest BCUT2D eigenvalue weighted by atomic mass is 35.5. The zero-order valence-electron chi connectivity index (χ0n) is 15.9. The number of aliphatic imine (C=N–C) groups is 1. The van der Waals surface area contributed by atoms with Crippen LogP contribution in [0.4, 0.5) is 0 Å².